The van der Waals surface area contributed by atoms with Crippen LogP contribution in [0.4, 0.5) is 10.1 Å². The van der Waals surface area contributed by atoms with Gasteiger partial charge in [-0.1, -0.05) is 12.1 Å². The SMILES string of the molecule is Cc1cc(OC(C(=O)O)C2COC2)ccc1N1C(=O)CSC1c1ccc(F)cc1. The number of anilines is 1. The summed E-state index contributed by atoms with van der Waals surface area (Å²) in [5.41, 5.74) is 2.36. The van der Waals surface area contributed by atoms with Crippen LogP contribution in [0.15, 0.2) is 42.5 Å². The molecule has 0 bridgehead atoms. The van der Waals surface area contributed by atoms with E-state index in [1.54, 1.807) is 35.2 Å². The van der Waals surface area contributed by atoms with Gasteiger partial charge in [0.15, 0.2) is 0 Å². The van der Waals surface area contributed by atoms with Crippen LogP contribution in [0.1, 0.15) is 16.5 Å². The van der Waals surface area contributed by atoms with Crippen molar-refractivity contribution in [3.63, 3.8) is 0 Å². The predicted molar refractivity (Wildman–Crippen MR) is 107 cm³/mol. The third-order valence-electron chi connectivity index (χ3n) is 5.05. The number of carboxylic acids is 1. The van der Waals surface area contributed by atoms with E-state index in [1.807, 2.05) is 6.92 Å². The van der Waals surface area contributed by atoms with Crippen molar-refractivity contribution in [3.8, 4) is 5.75 Å². The number of aryl methyl sites for hydroxylation is 1. The van der Waals surface area contributed by atoms with Gasteiger partial charge < -0.3 is 14.6 Å². The maximum absolute atomic E-state index is 13.3. The van der Waals surface area contributed by atoms with Crippen LogP contribution in [-0.2, 0) is 14.3 Å². The van der Waals surface area contributed by atoms with Crippen molar-refractivity contribution in [2.24, 2.45) is 5.92 Å². The van der Waals surface area contributed by atoms with E-state index >= 15 is 0 Å². The van der Waals surface area contributed by atoms with Crippen molar-refractivity contribution in [3.05, 3.63) is 59.4 Å². The molecule has 2 aromatic rings. The minimum Gasteiger partial charge on any atom is -0.478 e. The lowest BCUT2D eigenvalue weighted by Crippen LogP contribution is -2.45. The van der Waals surface area contributed by atoms with Crippen LogP contribution in [0, 0.1) is 18.7 Å². The molecule has 2 fully saturated rings. The molecular formula is C21H20FNO5S. The number of halogens is 1. The van der Waals surface area contributed by atoms with Crippen molar-refractivity contribution >= 4 is 29.3 Å². The van der Waals surface area contributed by atoms with Crippen LogP contribution in [0.5, 0.6) is 5.75 Å². The Bertz CT molecular complexity index is 931. The Balaban J connectivity index is 1.58. The zero-order valence-corrected chi connectivity index (χ0v) is 16.5. The van der Waals surface area contributed by atoms with Gasteiger partial charge in [-0.2, -0.15) is 0 Å². The quantitative estimate of drug-likeness (QED) is 0.777. The average molecular weight is 417 g/mol. The van der Waals surface area contributed by atoms with Crippen LogP contribution in [0.3, 0.4) is 0 Å². The van der Waals surface area contributed by atoms with E-state index in [0.717, 1.165) is 16.8 Å². The summed E-state index contributed by atoms with van der Waals surface area (Å²) in [6, 6.07) is 11.3. The van der Waals surface area contributed by atoms with Crippen molar-refractivity contribution in [2.75, 3.05) is 23.9 Å². The minimum atomic E-state index is -1.03. The van der Waals surface area contributed by atoms with Gasteiger partial charge in [0, 0.05) is 5.69 Å². The smallest absolute Gasteiger partial charge is 0.345 e. The number of hydrogen-bond acceptors (Lipinski definition) is 5. The van der Waals surface area contributed by atoms with Gasteiger partial charge in [-0.05, 0) is 48.4 Å². The highest BCUT2D eigenvalue weighted by molar-refractivity contribution is 8.00. The molecule has 6 nitrogen and oxygen atoms in total. The molecule has 0 saturated carbocycles. The van der Waals surface area contributed by atoms with E-state index in [0.29, 0.717) is 24.7 Å². The fraction of sp³-hybridized carbons (Fsp3) is 0.333. The highest BCUT2D eigenvalue weighted by Crippen LogP contribution is 2.43. The first-order valence-electron chi connectivity index (χ1n) is 9.21. The Labute approximate surface area is 171 Å². The summed E-state index contributed by atoms with van der Waals surface area (Å²) in [5, 5.41) is 9.18. The monoisotopic (exact) mass is 417 g/mol. The van der Waals surface area contributed by atoms with Gasteiger partial charge in [0.25, 0.3) is 0 Å². The van der Waals surface area contributed by atoms with Crippen molar-refractivity contribution in [1.29, 1.82) is 0 Å². The molecule has 2 atom stereocenters. The summed E-state index contributed by atoms with van der Waals surface area (Å²) in [7, 11) is 0. The molecule has 8 heteroatoms. The number of nitrogens with zero attached hydrogens (tertiary/aromatic N) is 1. The number of benzene rings is 2. The normalized spacial score (nSPS) is 20.4. The largest absolute Gasteiger partial charge is 0.478 e. The maximum Gasteiger partial charge on any atom is 0.345 e. The molecule has 1 amide bonds. The summed E-state index contributed by atoms with van der Waals surface area (Å²) in [5.74, 6) is -0.784. The van der Waals surface area contributed by atoms with Gasteiger partial charge in [-0.25, -0.2) is 9.18 Å². The lowest BCUT2D eigenvalue weighted by molar-refractivity contribution is -0.158. The van der Waals surface area contributed by atoms with E-state index in [9.17, 15) is 19.1 Å². The number of ether oxygens (including phenoxy) is 2. The fourth-order valence-corrected chi connectivity index (χ4v) is 4.62. The Morgan fingerprint density at radius 1 is 1.28 bits per heavy atom. The molecule has 0 aromatic heterocycles. The van der Waals surface area contributed by atoms with Gasteiger partial charge in [0.1, 0.15) is 16.9 Å². The lowest BCUT2D eigenvalue weighted by atomic mass is 10.0. The van der Waals surface area contributed by atoms with E-state index in [2.05, 4.69) is 0 Å². The van der Waals surface area contributed by atoms with Crippen molar-refractivity contribution in [1.82, 2.24) is 0 Å². The molecule has 1 N–H and O–H groups in total. The molecule has 0 aliphatic carbocycles. The molecule has 2 unspecified atom stereocenters. The van der Waals surface area contributed by atoms with Crippen molar-refractivity contribution in [2.45, 2.75) is 18.4 Å². The Kier molecular flexibility index (Phi) is 5.47. The molecule has 2 aliphatic rings. The van der Waals surface area contributed by atoms with Crippen LogP contribution >= 0.6 is 11.8 Å². The molecule has 2 aliphatic heterocycles. The lowest BCUT2D eigenvalue weighted by Gasteiger charge is -2.31. The van der Waals surface area contributed by atoms with E-state index in [-0.39, 0.29) is 23.0 Å². The summed E-state index contributed by atoms with van der Waals surface area (Å²) < 4.78 is 24.0. The number of carboxylic acid groups (broad SMARTS) is 1. The zero-order chi connectivity index (χ0) is 20.5. The number of carbonyl (C=O) groups excluding carboxylic acids is 1. The number of amides is 1. The molecular weight excluding hydrogens is 397 g/mol. The summed E-state index contributed by atoms with van der Waals surface area (Å²) in [6.07, 6.45) is -0.968. The number of aliphatic carboxylic acids is 1. The second-order valence-electron chi connectivity index (χ2n) is 7.10. The second-order valence-corrected chi connectivity index (χ2v) is 8.17. The molecule has 4 rings (SSSR count). The number of rotatable bonds is 6. The molecule has 2 heterocycles. The summed E-state index contributed by atoms with van der Waals surface area (Å²) in [4.78, 5) is 25.8. The first kappa shape index (κ1) is 19.7. The summed E-state index contributed by atoms with van der Waals surface area (Å²) >= 11 is 1.49. The second kappa shape index (κ2) is 8.04. The van der Waals surface area contributed by atoms with Crippen molar-refractivity contribution < 1.29 is 28.6 Å². The summed E-state index contributed by atoms with van der Waals surface area (Å²) in [6.45, 7) is 2.59. The molecule has 0 spiro atoms. The maximum atomic E-state index is 13.3. The Hall–Kier alpha value is -2.58. The third kappa shape index (κ3) is 3.95. The standard InChI is InChI=1S/C21H20FNO5S/c1-12-8-16(28-19(21(25)26)14-9-27-10-14)6-7-17(12)23-18(24)11-29-20(23)13-2-4-15(22)5-3-13/h2-8,14,19-20H,9-11H2,1H3,(H,25,26). The highest BCUT2D eigenvalue weighted by atomic mass is 32.2. The van der Waals surface area contributed by atoms with Gasteiger partial charge in [0.2, 0.25) is 12.0 Å². The number of carbonyl (C=O) groups is 2. The fourth-order valence-electron chi connectivity index (χ4n) is 3.45. The number of hydrogen-bond donors (Lipinski definition) is 1. The molecule has 0 radical (unpaired) electrons. The predicted octanol–water partition coefficient (Wildman–Crippen LogP) is 3.39. The Morgan fingerprint density at radius 3 is 2.59 bits per heavy atom. The molecule has 2 saturated heterocycles. The third-order valence-corrected chi connectivity index (χ3v) is 6.26. The van der Waals surface area contributed by atoms with Crippen LogP contribution in [0.2, 0.25) is 0 Å². The van der Waals surface area contributed by atoms with Gasteiger partial charge >= 0.3 is 5.97 Å². The molecule has 29 heavy (non-hydrogen) atoms. The topological polar surface area (TPSA) is 76.1 Å². The average Bonchev–Trinajstić information content (AvgIpc) is 3.02. The highest BCUT2D eigenvalue weighted by Gasteiger charge is 2.37. The zero-order valence-electron chi connectivity index (χ0n) is 15.7. The van der Waals surface area contributed by atoms with Gasteiger partial charge in [-0.3, -0.25) is 9.69 Å². The van der Waals surface area contributed by atoms with E-state index in [1.165, 1.54) is 23.9 Å². The first-order chi connectivity index (χ1) is 13.9. The Morgan fingerprint density at radius 2 is 2.00 bits per heavy atom. The van der Waals surface area contributed by atoms with E-state index in [4.69, 9.17) is 9.47 Å². The van der Waals surface area contributed by atoms with Crippen LogP contribution in [-0.4, -0.2) is 42.1 Å². The van der Waals surface area contributed by atoms with Gasteiger partial charge in [0.05, 0.1) is 24.9 Å². The van der Waals surface area contributed by atoms with E-state index < -0.39 is 12.1 Å². The molecule has 2 aromatic carbocycles. The first-order valence-corrected chi connectivity index (χ1v) is 10.3. The van der Waals surface area contributed by atoms with Gasteiger partial charge in [-0.15, -0.1) is 11.8 Å². The van der Waals surface area contributed by atoms with Crippen LogP contribution < -0.4 is 9.64 Å². The minimum absolute atomic E-state index is 0.0314. The van der Waals surface area contributed by atoms with Crippen LogP contribution in [0.25, 0.3) is 0 Å². The number of thioether (sulfide) groups is 1. The molecule has 152 valence electrons.